The van der Waals surface area contributed by atoms with Gasteiger partial charge in [0.25, 0.3) is 0 Å². The van der Waals surface area contributed by atoms with E-state index in [1.165, 1.54) is 0 Å². The van der Waals surface area contributed by atoms with E-state index in [4.69, 9.17) is 9.47 Å². The number of rotatable bonds is 10. The summed E-state index contributed by atoms with van der Waals surface area (Å²) in [7, 11) is 3.25. The minimum Gasteiger partial charge on any atom is -0.491 e. The molecule has 0 saturated carbocycles. The molecule has 0 aliphatic heterocycles. The second kappa shape index (κ2) is 13.9. The van der Waals surface area contributed by atoms with Crippen LogP contribution in [0.4, 0.5) is 19.1 Å². The number of aryl methyl sites for hydroxylation is 1. The van der Waals surface area contributed by atoms with Crippen LogP contribution in [0.1, 0.15) is 16.8 Å². The Morgan fingerprint density at radius 3 is 2.59 bits per heavy atom. The number of guanidine groups is 1. The average molecular weight is 568 g/mol. The monoisotopic (exact) mass is 568 g/mol. The summed E-state index contributed by atoms with van der Waals surface area (Å²) in [5.74, 6) is 1.22. The number of nitrogens with zero attached hydrogens (tertiary/aromatic N) is 3. The number of benzene rings is 1. The van der Waals surface area contributed by atoms with Crippen molar-refractivity contribution in [2.45, 2.75) is 19.6 Å². The van der Waals surface area contributed by atoms with E-state index < -0.39 is 11.9 Å². The zero-order chi connectivity index (χ0) is 22.7. The van der Waals surface area contributed by atoms with Gasteiger partial charge in [0.05, 0.1) is 6.61 Å². The molecule has 0 atom stereocenters. The van der Waals surface area contributed by atoms with E-state index in [2.05, 4.69) is 30.9 Å². The number of halogens is 4. The summed E-state index contributed by atoms with van der Waals surface area (Å²) in [6, 6.07) is 6.76. The van der Waals surface area contributed by atoms with Crippen LogP contribution in [0, 0.1) is 6.92 Å². The Bertz CT molecular complexity index is 867. The van der Waals surface area contributed by atoms with Crippen LogP contribution in [-0.2, 0) is 17.5 Å². The van der Waals surface area contributed by atoms with Crippen molar-refractivity contribution in [3.8, 4) is 5.75 Å². The first-order valence-corrected chi connectivity index (χ1v) is 9.63. The van der Waals surface area contributed by atoms with Crippen molar-refractivity contribution in [2.75, 3.05) is 45.8 Å². The second-order valence-corrected chi connectivity index (χ2v) is 6.50. The van der Waals surface area contributed by atoms with Crippen molar-refractivity contribution >= 4 is 35.9 Å². The van der Waals surface area contributed by atoms with Gasteiger partial charge >= 0.3 is 6.18 Å². The molecule has 0 bridgehead atoms. The van der Waals surface area contributed by atoms with E-state index in [0.717, 1.165) is 29.1 Å². The lowest BCUT2D eigenvalue weighted by molar-refractivity contribution is -0.141. The average Bonchev–Trinajstić information content (AvgIpc) is 2.74. The molecule has 32 heavy (non-hydrogen) atoms. The predicted molar refractivity (Wildman–Crippen MR) is 128 cm³/mol. The molecular formula is C20H28F3IN6O2. The molecule has 0 aliphatic rings. The molecule has 8 nitrogen and oxygen atoms in total. The fraction of sp³-hybridized carbons (Fsp3) is 0.450. The Hall–Kier alpha value is -2.35. The molecule has 0 spiro atoms. The number of hydrogen-bond donors (Lipinski definition) is 3. The molecule has 1 heterocycles. The zero-order valence-corrected chi connectivity index (χ0v) is 20.5. The first-order chi connectivity index (χ1) is 14.8. The van der Waals surface area contributed by atoms with Crippen molar-refractivity contribution in [1.82, 2.24) is 20.6 Å². The van der Waals surface area contributed by atoms with Gasteiger partial charge in [0, 0.05) is 45.6 Å². The molecule has 2 aromatic rings. The molecule has 0 radical (unpaired) electrons. The highest BCUT2D eigenvalue weighted by Crippen LogP contribution is 2.27. The Morgan fingerprint density at radius 2 is 1.91 bits per heavy atom. The van der Waals surface area contributed by atoms with Crippen LogP contribution in [0.5, 0.6) is 5.75 Å². The summed E-state index contributed by atoms with van der Waals surface area (Å²) in [5, 5.41) is 9.01. The fourth-order valence-corrected chi connectivity index (χ4v) is 2.53. The van der Waals surface area contributed by atoms with E-state index in [0.29, 0.717) is 38.8 Å². The largest absolute Gasteiger partial charge is 0.491 e. The Kier molecular flexibility index (Phi) is 12.1. The number of anilines is 1. The lowest BCUT2D eigenvalue weighted by Gasteiger charge is -2.15. The lowest BCUT2D eigenvalue weighted by atomic mass is 10.1. The van der Waals surface area contributed by atoms with Gasteiger partial charge in [-0.25, -0.2) is 9.97 Å². The van der Waals surface area contributed by atoms with Gasteiger partial charge < -0.3 is 25.4 Å². The first kappa shape index (κ1) is 27.7. The number of hydrogen-bond acceptors (Lipinski definition) is 6. The van der Waals surface area contributed by atoms with Crippen molar-refractivity contribution in [3.63, 3.8) is 0 Å². The topological polar surface area (TPSA) is 92.7 Å². The molecular weight excluding hydrogens is 540 g/mol. The lowest BCUT2D eigenvalue weighted by Crippen LogP contribution is -2.39. The van der Waals surface area contributed by atoms with Crippen molar-refractivity contribution in [1.29, 1.82) is 0 Å². The van der Waals surface area contributed by atoms with Gasteiger partial charge in [0.1, 0.15) is 18.1 Å². The van der Waals surface area contributed by atoms with Crippen LogP contribution in [0.15, 0.2) is 35.5 Å². The minimum atomic E-state index is -4.51. The van der Waals surface area contributed by atoms with Crippen LogP contribution in [-0.4, -0.2) is 56.4 Å². The quantitative estimate of drug-likeness (QED) is 0.176. The third kappa shape index (κ3) is 9.42. The highest BCUT2D eigenvalue weighted by atomic mass is 127. The van der Waals surface area contributed by atoms with Crippen molar-refractivity contribution in [2.24, 2.45) is 4.99 Å². The van der Waals surface area contributed by atoms with Gasteiger partial charge in [-0.15, -0.1) is 24.0 Å². The zero-order valence-electron chi connectivity index (χ0n) is 18.1. The van der Waals surface area contributed by atoms with E-state index >= 15 is 0 Å². The third-order valence-corrected chi connectivity index (χ3v) is 4.08. The second-order valence-electron chi connectivity index (χ2n) is 6.50. The number of methoxy groups -OCH3 is 1. The van der Waals surface area contributed by atoms with Gasteiger partial charge in [-0.05, 0) is 24.6 Å². The van der Waals surface area contributed by atoms with Gasteiger partial charge in [-0.1, -0.05) is 12.1 Å². The normalized spacial score (nSPS) is 11.5. The Morgan fingerprint density at radius 1 is 1.12 bits per heavy atom. The van der Waals surface area contributed by atoms with Gasteiger partial charge in [-0.3, -0.25) is 4.99 Å². The summed E-state index contributed by atoms with van der Waals surface area (Å²) in [4.78, 5) is 11.4. The summed E-state index contributed by atoms with van der Waals surface area (Å²) < 4.78 is 48.9. The van der Waals surface area contributed by atoms with Gasteiger partial charge in [0.15, 0.2) is 5.96 Å². The van der Waals surface area contributed by atoms with Gasteiger partial charge in [0.2, 0.25) is 5.95 Å². The minimum absolute atomic E-state index is 0. The molecule has 2 rings (SSSR count). The molecule has 0 amide bonds. The van der Waals surface area contributed by atoms with Gasteiger partial charge in [-0.2, -0.15) is 13.2 Å². The molecule has 0 fully saturated rings. The maximum absolute atomic E-state index is 12.7. The Balaban J connectivity index is 0.00000512. The summed E-state index contributed by atoms with van der Waals surface area (Å²) in [6.07, 6.45) is -3.44. The standard InChI is InChI=1S/C20H27F3N6O2.HI/c1-14-4-5-15(16(12-14)31-11-10-30-3)13-28-18(24-2)26-8-9-27-19-25-7-6-17(29-19)20(21,22)23;/h4-7,12H,8-11,13H2,1-3H3,(H2,24,26,28)(H,25,27,29);1H. The summed E-state index contributed by atoms with van der Waals surface area (Å²) in [6.45, 7) is 4.10. The SMILES string of the molecule is CN=C(NCCNc1nccc(C(F)(F)F)n1)NCc1ccc(C)cc1OCCOC.I. The van der Waals surface area contributed by atoms with E-state index in [-0.39, 0.29) is 29.9 Å². The molecule has 1 aromatic carbocycles. The smallest absolute Gasteiger partial charge is 0.433 e. The fourth-order valence-electron chi connectivity index (χ4n) is 2.53. The van der Waals surface area contributed by atoms with Crippen LogP contribution in [0.3, 0.4) is 0 Å². The van der Waals surface area contributed by atoms with Crippen LogP contribution in [0.2, 0.25) is 0 Å². The molecule has 0 unspecified atom stereocenters. The summed E-state index contributed by atoms with van der Waals surface area (Å²) >= 11 is 0. The number of alkyl halides is 3. The molecule has 0 aliphatic carbocycles. The van der Waals surface area contributed by atoms with Crippen molar-refractivity contribution < 1.29 is 22.6 Å². The van der Waals surface area contributed by atoms with Crippen LogP contribution in [0.25, 0.3) is 0 Å². The third-order valence-electron chi connectivity index (χ3n) is 4.08. The molecule has 0 saturated heterocycles. The summed E-state index contributed by atoms with van der Waals surface area (Å²) in [5.41, 5.74) is 1.05. The van der Waals surface area contributed by atoms with Crippen LogP contribution >= 0.6 is 24.0 Å². The number of ether oxygens (including phenoxy) is 2. The molecule has 178 valence electrons. The van der Waals surface area contributed by atoms with E-state index in [1.54, 1.807) is 14.2 Å². The number of nitrogens with one attached hydrogen (secondary N) is 3. The van der Waals surface area contributed by atoms with Crippen LogP contribution < -0.4 is 20.7 Å². The Labute approximate surface area is 202 Å². The first-order valence-electron chi connectivity index (χ1n) is 9.63. The molecule has 1 aromatic heterocycles. The maximum Gasteiger partial charge on any atom is 0.433 e. The maximum atomic E-state index is 12.7. The highest BCUT2D eigenvalue weighted by Gasteiger charge is 2.32. The van der Waals surface area contributed by atoms with E-state index in [9.17, 15) is 13.2 Å². The van der Waals surface area contributed by atoms with E-state index in [1.807, 2.05) is 25.1 Å². The highest BCUT2D eigenvalue weighted by molar-refractivity contribution is 14.0. The number of aliphatic imine (C=N–C) groups is 1. The molecule has 12 heteroatoms. The van der Waals surface area contributed by atoms with Crippen molar-refractivity contribution in [3.05, 3.63) is 47.3 Å². The molecule has 3 N–H and O–H groups in total. The predicted octanol–water partition coefficient (Wildman–Crippen LogP) is 3.22. The number of aromatic nitrogens is 2.